The number of hydrogen-bond acceptors (Lipinski definition) is 0. The topological polar surface area (TPSA) is 0 Å². The molecule has 0 N–H and O–H groups in total. The molecule has 0 atom stereocenters. The molecule has 0 fully saturated rings. The lowest BCUT2D eigenvalue weighted by atomic mass is 9.75. The lowest BCUT2D eigenvalue weighted by Crippen LogP contribution is -2.21. The van der Waals surface area contributed by atoms with E-state index in [0.717, 1.165) is 5.02 Å². The monoisotopic (exact) mass is 224 g/mol. The van der Waals surface area contributed by atoms with E-state index in [0.29, 0.717) is 0 Å². The van der Waals surface area contributed by atoms with Crippen LogP contribution in [0.3, 0.4) is 0 Å². The van der Waals surface area contributed by atoms with E-state index in [1.165, 1.54) is 11.1 Å². The molecule has 0 aliphatic rings. The fraction of sp³-hybridized carbons (Fsp3) is 0.571. The smallest absolute Gasteiger partial charge is 0.0409 e. The molecule has 0 aliphatic heterocycles. The van der Waals surface area contributed by atoms with Crippen LogP contribution in [0.2, 0.25) is 5.02 Å². The van der Waals surface area contributed by atoms with Gasteiger partial charge >= 0.3 is 0 Å². The molecule has 0 heterocycles. The maximum atomic E-state index is 6.07. The lowest BCUT2D eigenvalue weighted by molar-refractivity contribution is 0.530. The molecule has 0 saturated carbocycles. The van der Waals surface area contributed by atoms with Gasteiger partial charge in [-0.3, -0.25) is 0 Å². The second kappa shape index (κ2) is 3.83. The van der Waals surface area contributed by atoms with E-state index in [-0.39, 0.29) is 10.8 Å². The molecule has 1 aromatic carbocycles. The van der Waals surface area contributed by atoms with E-state index >= 15 is 0 Å². The van der Waals surface area contributed by atoms with Crippen molar-refractivity contribution in [1.29, 1.82) is 0 Å². The van der Waals surface area contributed by atoms with Crippen LogP contribution < -0.4 is 0 Å². The van der Waals surface area contributed by atoms with E-state index in [4.69, 9.17) is 11.6 Å². The van der Waals surface area contributed by atoms with Crippen LogP contribution in [0, 0.1) is 0 Å². The Bertz CT molecular complexity index is 351. The van der Waals surface area contributed by atoms with Crippen molar-refractivity contribution in [2.75, 3.05) is 0 Å². The average Bonchev–Trinajstić information content (AvgIpc) is 2.00. The Morgan fingerprint density at radius 3 is 1.67 bits per heavy atom. The van der Waals surface area contributed by atoms with Gasteiger partial charge in [-0.15, -0.1) is 0 Å². The maximum Gasteiger partial charge on any atom is 0.0409 e. The first kappa shape index (κ1) is 12.6. The Morgan fingerprint density at radius 2 is 1.27 bits per heavy atom. The maximum absolute atomic E-state index is 6.07. The molecule has 0 saturated heterocycles. The third-order valence-electron chi connectivity index (χ3n) is 2.60. The molecule has 0 bridgehead atoms. The van der Waals surface area contributed by atoms with E-state index < -0.39 is 0 Å². The zero-order chi connectivity index (χ0) is 11.9. The van der Waals surface area contributed by atoms with Gasteiger partial charge in [0.1, 0.15) is 0 Å². The second-order valence-electron chi connectivity index (χ2n) is 6.19. The summed E-state index contributed by atoms with van der Waals surface area (Å²) >= 11 is 6.07. The van der Waals surface area contributed by atoms with Crippen molar-refractivity contribution in [2.45, 2.75) is 52.4 Å². The van der Waals surface area contributed by atoms with E-state index in [1.807, 2.05) is 6.07 Å². The highest BCUT2D eigenvalue weighted by atomic mass is 35.5. The number of halogens is 1. The van der Waals surface area contributed by atoms with Gasteiger partial charge in [-0.2, -0.15) is 0 Å². The third kappa shape index (κ3) is 2.98. The minimum Gasteiger partial charge on any atom is -0.0843 e. The van der Waals surface area contributed by atoms with Gasteiger partial charge in [0.25, 0.3) is 0 Å². The van der Waals surface area contributed by atoms with Crippen molar-refractivity contribution in [3.63, 3.8) is 0 Å². The molecule has 0 amide bonds. The molecule has 0 unspecified atom stereocenters. The van der Waals surface area contributed by atoms with Crippen LogP contribution in [0.4, 0.5) is 0 Å². The van der Waals surface area contributed by atoms with Crippen molar-refractivity contribution in [1.82, 2.24) is 0 Å². The highest BCUT2D eigenvalue weighted by Gasteiger charge is 2.24. The van der Waals surface area contributed by atoms with Crippen molar-refractivity contribution >= 4 is 11.6 Å². The second-order valence-corrected chi connectivity index (χ2v) is 6.63. The van der Waals surface area contributed by atoms with Gasteiger partial charge in [0.15, 0.2) is 0 Å². The summed E-state index contributed by atoms with van der Waals surface area (Å²) in [5.74, 6) is 0. The fourth-order valence-electron chi connectivity index (χ4n) is 1.79. The fourth-order valence-corrected chi connectivity index (χ4v) is 1.96. The third-order valence-corrected chi connectivity index (χ3v) is 2.83. The van der Waals surface area contributed by atoms with Crippen LogP contribution in [0.15, 0.2) is 18.2 Å². The summed E-state index contributed by atoms with van der Waals surface area (Å²) in [7, 11) is 0. The van der Waals surface area contributed by atoms with Gasteiger partial charge in [0, 0.05) is 5.02 Å². The molecule has 1 rings (SSSR count). The first-order valence-electron chi connectivity index (χ1n) is 5.43. The molecule has 0 spiro atoms. The summed E-state index contributed by atoms with van der Waals surface area (Å²) in [5, 5.41) is 0.827. The summed E-state index contributed by atoms with van der Waals surface area (Å²) in [6.07, 6.45) is 0. The molecular weight excluding hydrogens is 204 g/mol. The van der Waals surface area contributed by atoms with Crippen LogP contribution in [-0.2, 0) is 10.8 Å². The van der Waals surface area contributed by atoms with Crippen LogP contribution in [0.1, 0.15) is 52.7 Å². The largest absolute Gasteiger partial charge is 0.0843 e. The Kier molecular flexibility index (Phi) is 3.21. The average molecular weight is 225 g/mol. The van der Waals surface area contributed by atoms with Crippen molar-refractivity contribution in [2.24, 2.45) is 0 Å². The van der Waals surface area contributed by atoms with Gasteiger partial charge in [-0.25, -0.2) is 0 Å². The minimum absolute atomic E-state index is 0.146. The highest BCUT2D eigenvalue weighted by molar-refractivity contribution is 6.30. The van der Waals surface area contributed by atoms with Gasteiger partial charge in [-0.05, 0) is 34.1 Å². The summed E-state index contributed by atoms with van der Waals surface area (Å²) < 4.78 is 0. The number of rotatable bonds is 0. The molecular formula is C14H21Cl. The van der Waals surface area contributed by atoms with Crippen molar-refractivity contribution in [3.8, 4) is 0 Å². The molecule has 0 aliphatic carbocycles. The molecule has 1 aromatic rings. The summed E-state index contributed by atoms with van der Waals surface area (Å²) in [4.78, 5) is 0. The Morgan fingerprint density at radius 1 is 0.800 bits per heavy atom. The minimum atomic E-state index is 0.146. The van der Waals surface area contributed by atoms with Gasteiger partial charge in [0.05, 0.1) is 0 Å². The predicted molar refractivity (Wildman–Crippen MR) is 68.9 cm³/mol. The Labute approximate surface area is 98.7 Å². The molecule has 84 valence electrons. The van der Waals surface area contributed by atoms with Crippen LogP contribution in [0.5, 0.6) is 0 Å². The first-order chi connectivity index (χ1) is 6.62. The predicted octanol–water partition coefficient (Wildman–Crippen LogP) is 4.94. The van der Waals surface area contributed by atoms with Crippen LogP contribution >= 0.6 is 11.6 Å². The molecule has 15 heavy (non-hydrogen) atoms. The summed E-state index contributed by atoms with van der Waals surface area (Å²) in [5.41, 5.74) is 3.06. The Balaban J connectivity index is 3.41. The summed E-state index contributed by atoms with van der Waals surface area (Å²) in [6, 6.07) is 6.24. The molecule has 0 nitrogen and oxygen atoms in total. The lowest BCUT2D eigenvalue weighted by Gasteiger charge is -2.30. The highest BCUT2D eigenvalue weighted by Crippen LogP contribution is 2.35. The normalized spacial score (nSPS) is 13.0. The standard InChI is InChI=1S/C14H21Cl/c1-13(2,3)11-8-7-10(15)9-12(11)14(4,5)6/h7-9H,1-6H3. The molecule has 1 heteroatoms. The Hall–Kier alpha value is -0.490. The summed E-state index contributed by atoms with van der Waals surface area (Å²) in [6.45, 7) is 13.4. The molecule has 0 aromatic heterocycles. The van der Waals surface area contributed by atoms with Crippen molar-refractivity contribution in [3.05, 3.63) is 34.3 Å². The number of hydrogen-bond donors (Lipinski definition) is 0. The number of benzene rings is 1. The van der Waals surface area contributed by atoms with E-state index in [2.05, 4.69) is 53.7 Å². The van der Waals surface area contributed by atoms with Crippen LogP contribution in [-0.4, -0.2) is 0 Å². The zero-order valence-electron chi connectivity index (χ0n) is 10.6. The van der Waals surface area contributed by atoms with Crippen molar-refractivity contribution < 1.29 is 0 Å². The zero-order valence-corrected chi connectivity index (χ0v) is 11.4. The molecule has 0 radical (unpaired) electrons. The quantitative estimate of drug-likeness (QED) is 0.586. The first-order valence-corrected chi connectivity index (χ1v) is 5.80. The van der Waals surface area contributed by atoms with Crippen LogP contribution in [0.25, 0.3) is 0 Å². The van der Waals surface area contributed by atoms with E-state index in [9.17, 15) is 0 Å². The van der Waals surface area contributed by atoms with Gasteiger partial charge < -0.3 is 0 Å². The van der Waals surface area contributed by atoms with Gasteiger partial charge in [0.2, 0.25) is 0 Å². The van der Waals surface area contributed by atoms with Gasteiger partial charge in [-0.1, -0.05) is 59.2 Å². The van der Waals surface area contributed by atoms with E-state index in [1.54, 1.807) is 0 Å². The SMILES string of the molecule is CC(C)(C)c1ccc(Cl)cc1C(C)(C)C.